The normalized spacial score (nSPS) is 11.3. The van der Waals surface area contributed by atoms with Crippen molar-refractivity contribution in [3.63, 3.8) is 0 Å². The molecule has 0 radical (unpaired) electrons. The average Bonchev–Trinajstić information content (AvgIpc) is 2.28. The van der Waals surface area contributed by atoms with Crippen molar-refractivity contribution in [1.29, 1.82) is 0 Å². The fourth-order valence-corrected chi connectivity index (χ4v) is 1.46. The quantitative estimate of drug-likeness (QED) is 0.793. The number of methoxy groups -OCH3 is 1. The lowest BCUT2D eigenvalue weighted by Crippen LogP contribution is -2.33. The summed E-state index contributed by atoms with van der Waals surface area (Å²) in [6.07, 6.45) is 0. The first-order valence-corrected chi connectivity index (χ1v) is 5.32. The molecule has 2 N–H and O–H groups in total. The van der Waals surface area contributed by atoms with Crippen molar-refractivity contribution < 1.29 is 9.53 Å². The van der Waals surface area contributed by atoms with E-state index in [1.54, 1.807) is 7.11 Å². The molecular formula is C13H19NO2. The van der Waals surface area contributed by atoms with Crippen molar-refractivity contribution in [2.45, 2.75) is 20.8 Å². The zero-order valence-corrected chi connectivity index (χ0v) is 10.3. The second-order valence-corrected chi connectivity index (χ2v) is 4.62. The molecule has 88 valence electrons. The minimum atomic E-state index is -0.554. The first-order valence-electron chi connectivity index (χ1n) is 5.32. The molecule has 1 aromatic carbocycles. The summed E-state index contributed by atoms with van der Waals surface area (Å²) in [6, 6.07) is 5.58. The number of aryl methyl sites for hydroxylation is 1. The Balaban J connectivity index is 3.21. The molecule has 3 heteroatoms. The van der Waals surface area contributed by atoms with Gasteiger partial charge in [0.05, 0.1) is 12.7 Å². The highest BCUT2D eigenvalue weighted by Gasteiger charge is 2.29. The predicted octanol–water partition coefficient (Wildman–Crippen LogP) is 2.17. The molecule has 0 saturated carbocycles. The van der Waals surface area contributed by atoms with Crippen LogP contribution in [0.25, 0.3) is 0 Å². The molecule has 0 aliphatic rings. The Kier molecular flexibility index (Phi) is 3.70. The van der Waals surface area contributed by atoms with Gasteiger partial charge in [-0.3, -0.25) is 4.79 Å². The van der Waals surface area contributed by atoms with Crippen LogP contribution in [0.1, 0.15) is 29.8 Å². The molecule has 0 amide bonds. The molecule has 0 fully saturated rings. The first-order chi connectivity index (χ1) is 7.42. The van der Waals surface area contributed by atoms with Crippen LogP contribution in [0.15, 0.2) is 18.2 Å². The second kappa shape index (κ2) is 4.66. The van der Waals surface area contributed by atoms with Gasteiger partial charge in [0.25, 0.3) is 0 Å². The van der Waals surface area contributed by atoms with Crippen LogP contribution in [-0.4, -0.2) is 19.4 Å². The van der Waals surface area contributed by atoms with E-state index in [1.165, 1.54) is 0 Å². The lowest BCUT2D eigenvalue weighted by molar-refractivity contribution is 0.0844. The van der Waals surface area contributed by atoms with Crippen LogP contribution in [0.5, 0.6) is 5.75 Å². The minimum absolute atomic E-state index is 0.0237. The van der Waals surface area contributed by atoms with Crippen molar-refractivity contribution in [2.24, 2.45) is 11.1 Å². The Morgan fingerprint density at radius 3 is 2.56 bits per heavy atom. The van der Waals surface area contributed by atoms with E-state index in [0.717, 1.165) is 5.56 Å². The van der Waals surface area contributed by atoms with Gasteiger partial charge in [0.2, 0.25) is 0 Å². The first kappa shape index (κ1) is 12.7. The Bertz CT molecular complexity index is 397. The van der Waals surface area contributed by atoms with E-state index in [1.807, 2.05) is 39.0 Å². The zero-order valence-electron chi connectivity index (χ0n) is 10.3. The second-order valence-electron chi connectivity index (χ2n) is 4.62. The third kappa shape index (κ3) is 2.42. The van der Waals surface area contributed by atoms with Gasteiger partial charge in [-0.15, -0.1) is 0 Å². The summed E-state index contributed by atoms with van der Waals surface area (Å²) < 4.78 is 5.20. The number of rotatable bonds is 4. The summed E-state index contributed by atoms with van der Waals surface area (Å²) in [4.78, 5) is 12.3. The van der Waals surface area contributed by atoms with Crippen LogP contribution in [-0.2, 0) is 0 Å². The summed E-state index contributed by atoms with van der Waals surface area (Å²) in [7, 11) is 1.57. The lowest BCUT2D eigenvalue weighted by Gasteiger charge is -2.22. The molecule has 1 rings (SSSR count). The number of carbonyl (C=O) groups excluding carboxylic acids is 1. The van der Waals surface area contributed by atoms with Crippen LogP contribution in [0.3, 0.4) is 0 Å². The number of carbonyl (C=O) groups is 1. The van der Waals surface area contributed by atoms with Gasteiger partial charge in [-0.2, -0.15) is 0 Å². The van der Waals surface area contributed by atoms with Gasteiger partial charge in [0.15, 0.2) is 5.78 Å². The van der Waals surface area contributed by atoms with Gasteiger partial charge >= 0.3 is 0 Å². The number of nitrogens with two attached hydrogens (primary N) is 1. The molecule has 1 aromatic rings. The van der Waals surface area contributed by atoms with E-state index in [4.69, 9.17) is 10.5 Å². The molecule has 0 bridgehead atoms. The minimum Gasteiger partial charge on any atom is -0.496 e. The van der Waals surface area contributed by atoms with Gasteiger partial charge in [-0.25, -0.2) is 0 Å². The highest BCUT2D eigenvalue weighted by atomic mass is 16.5. The van der Waals surface area contributed by atoms with E-state index in [0.29, 0.717) is 17.9 Å². The van der Waals surface area contributed by atoms with E-state index in [9.17, 15) is 4.79 Å². The van der Waals surface area contributed by atoms with Crippen molar-refractivity contribution in [3.05, 3.63) is 29.3 Å². The maximum absolute atomic E-state index is 12.3. The van der Waals surface area contributed by atoms with Crippen LogP contribution in [0, 0.1) is 12.3 Å². The Labute approximate surface area is 96.6 Å². The summed E-state index contributed by atoms with van der Waals surface area (Å²) in [6.45, 7) is 5.96. The third-order valence-electron chi connectivity index (χ3n) is 2.72. The van der Waals surface area contributed by atoms with Crippen molar-refractivity contribution in [3.8, 4) is 5.75 Å². The summed E-state index contributed by atoms with van der Waals surface area (Å²) in [5, 5.41) is 0. The smallest absolute Gasteiger partial charge is 0.173 e. The summed E-state index contributed by atoms with van der Waals surface area (Å²) in [5.41, 5.74) is 6.71. The van der Waals surface area contributed by atoms with Gasteiger partial charge in [0, 0.05) is 12.0 Å². The van der Waals surface area contributed by atoms with Crippen LogP contribution in [0.2, 0.25) is 0 Å². The molecule has 0 saturated heterocycles. The summed E-state index contributed by atoms with van der Waals surface area (Å²) >= 11 is 0. The van der Waals surface area contributed by atoms with Crippen LogP contribution in [0.4, 0.5) is 0 Å². The van der Waals surface area contributed by atoms with Gasteiger partial charge < -0.3 is 10.5 Å². The molecule has 0 aliphatic heterocycles. The fraction of sp³-hybridized carbons (Fsp3) is 0.462. The van der Waals surface area contributed by atoms with Crippen molar-refractivity contribution in [2.75, 3.05) is 13.7 Å². The number of hydrogen-bond donors (Lipinski definition) is 1. The number of Topliss-reactive ketones (excluding diaryl/α,β-unsaturated/α-hetero) is 1. The molecule has 0 unspecified atom stereocenters. The molecule has 0 atom stereocenters. The maximum atomic E-state index is 12.3. The van der Waals surface area contributed by atoms with Crippen LogP contribution >= 0.6 is 0 Å². The lowest BCUT2D eigenvalue weighted by atomic mass is 9.84. The molecule has 0 aromatic heterocycles. The Morgan fingerprint density at radius 2 is 2.06 bits per heavy atom. The Morgan fingerprint density at radius 1 is 1.44 bits per heavy atom. The van der Waals surface area contributed by atoms with Crippen LogP contribution < -0.4 is 10.5 Å². The predicted molar refractivity (Wildman–Crippen MR) is 64.9 cm³/mol. The van der Waals surface area contributed by atoms with E-state index < -0.39 is 5.41 Å². The topological polar surface area (TPSA) is 52.3 Å². The van der Waals surface area contributed by atoms with E-state index in [-0.39, 0.29) is 5.78 Å². The number of ketones is 1. The van der Waals surface area contributed by atoms with E-state index >= 15 is 0 Å². The fourth-order valence-electron chi connectivity index (χ4n) is 1.46. The van der Waals surface area contributed by atoms with Crippen molar-refractivity contribution in [1.82, 2.24) is 0 Å². The standard InChI is InChI=1S/C13H19NO2/c1-9-5-6-11(16-4)10(7-9)12(15)13(2,3)8-14/h5-7H,8,14H2,1-4H3. The Hall–Kier alpha value is -1.35. The molecule has 16 heavy (non-hydrogen) atoms. The van der Waals surface area contributed by atoms with Crippen molar-refractivity contribution >= 4 is 5.78 Å². The molecule has 0 heterocycles. The largest absolute Gasteiger partial charge is 0.496 e. The summed E-state index contributed by atoms with van der Waals surface area (Å²) in [5.74, 6) is 0.632. The zero-order chi connectivity index (χ0) is 12.3. The highest BCUT2D eigenvalue weighted by molar-refractivity contribution is 6.02. The third-order valence-corrected chi connectivity index (χ3v) is 2.72. The molecule has 0 spiro atoms. The monoisotopic (exact) mass is 221 g/mol. The SMILES string of the molecule is COc1ccc(C)cc1C(=O)C(C)(C)CN. The van der Waals surface area contributed by atoms with Gasteiger partial charge in [-0.05, 0) is 19.1 Å². The van der Waals surface area contributed by atoms with Gasteiger partial charge in [-0.1, -0.05) is 25.5 Å². The number of ether oxygens (including phenoxy) is 1. The number of benzene rings is 1. The molecule has 3 nitrogen and oxygen atoms in total. The van der Waals surface area contributed by atoms with E-state index in [2.05, 4.69) is 0 Å². The molecular weight excluding hydrogens is 202 g/mol. The van der Waals surface area contributed by atoms with Gasteiger partial charge in [0.1, 0.15) is 5.75 Å². The average molecular weight is 221 g/mol. The maximum Gasteiger partial charge on any atom is 0.173 e. The number of hydrogen-bond acceptors (Lipinski definition) is 3. The highest BCUT2D eigenvalue weighted by Crippen LogP contribution is 2.27. The molecule has 0 aliphatic carbocycles.